The van der Waals surface area contributed by atoms with Crippen LogP contribution in [-0.2, 0) is 0 Å². The first-order chi connectivity index (χ1) is 15.5. The standard InChI is InChI=1S/C23H19N7O2/c1-14(28-21(26)15(10-24)11-25)22-29-19-9-5-8-18(16-12-27-32-13-16)20(19)23(31)30(22)17-6-3-2-4-7-17/h2-10,12-15,24H,1H3,(H2,26,28). The SMILES string of the molecule is CC(N=C(N)C(C#N)C=N)c1nc2cccc(-c3cnoc3)c2c(=O)n1-c1ccccc1. The van der Waals surface area contributed by atoms with Gasteiger partial charge in [0.05, 0.1) is 28.9 Å². The third-order valence-electron chi connectivity index (χ3n) is 5.02. The van der Waals surface area contributed by atoms with E-state index >= 15 is 0 Å². The van der Waals surface area contributed by atoms with Gasteiger partial charge in [-0.2, -0.15) is 5.26 Å². The van der Waals surface area contributed by atoms with Gasteiger partial charge in [0.2, 0.25) is 0 Å². The van der Waals surface area contributed by atoms with Gasteiger partial charge in [0.1, 0.15) is 29.9 Å². The molecule has 0 aliphatic rings. The molecule has 0 amide bonds. The van der Waals surface area contributed by atoms with Gasteiger partial charge in [-0.15, -0.1) is 0 Å². The van der Waals surface area contributed by atoms with Gasteiger partial charge in [-0.05, 0) is 25.1 Å². The molecule has 0 spiro atoms. The number of fused-ring (bicyclic) bond motifs is 1. The van der Waals surface area contributed by atoms with Crippen molar-refractivity contribution in [2.24, 2.45) is 16.6 Å². The highest BCUT2D eigenvalue weighted by Gasteiger charge is 2.21. The van der Waals surface area contributed by atoms with Crippen LogP contribution in [0.15, 0.2) is 75.3 Å². The minimum absolute atomic E-state index is 0.0119. The molecule has 0 aliphatic carbocycles. The Hall–Kier alpha value is -4.58. The summed E-state index contributed by atoms with van der Waals surface area (Å²) in [7, 11) is 0. The molecular formula is C23H19N7O2. The lowest BCUT2D eigenvalue weighted by atomic mass is 10.0. The van der Waals surface area contributed by atoms with Crippen molar-refractivity contribution in [3.63, 3.8) is 0 Å². The van der Waals surface area contributed by atoms with Crippen LogP contribution in [0.5, 0.6) is 0 Å². The number of nitrogens with two attached hydrogens (primary N) is 1. The van der Waals surface area contributed by atoms with Gasteiger partial charge in [0, 0.05) is 17.3 Å². The van der Waals surface area contributed by atoms with Crippen molar-refractivity contribution in [3.05, 3.63) is 77.2 Å². The van der Waals surface area contributed by atoms with Gasteiger partial charge in [0.15, 0.2) is 0 Å². The number of nitrogens with one attached hydrogen (secondary N) is 1. The number of amidine groups is 1. The van der Waals surface area contributed by atoms with Gasteiger partial charge in [-0.1, -0.05) is 35.5 Å². The lowest BCUT2D eigenvalue weighted by Gasteiger charge is -2.18. The normalized spacial score (nSPS) is 13.4. The van der Waals surface area contributed by atoms with Gasteiger partial charge in [0.25, 0.3) is 5.56 Å². The number of aromatic nitrogens is 3. The summed E-state index contributed by atoms with van der Waals surface area (Å²) < 4.78 is 6.46. The first-order valence-electron chi connectivity index (χ1n) is 9.79. The number of benzene rings is 2. The van der Waals surface area contributed by atoms with Gasteiger partial charge in [-0.3, -0.25) is 14.4 Å². The maximum absolute atomic E-state index is 13.8. The van der Waals surface area contributed by atoms with Gasteiger partial charge < -0.3 is 15.7 Å². The third-order valence-corrected chi connectivity index (χ3v) is 5.02. The van der Waals surface area contributed by atoms with Crippen LogP contribution in [0.4, 0.5) is 0 Å². The summed E-state index contributed by atoms with van der Waals surface area (Å²) in [5.74, 6) is -0.599. The van der Waals surface area contributed by atoms with Crippen molar-refractivity contribution in [2.75, 3.05) is 0 Å². The zero-order chi connectivity index (χ0) is 22.7. The molecule has 2 unspecified atom stereocenters. The molecule has 2 atom stereocenters. The Bertz CT molecular complexity index is 1400. The molecule has 9 heteroatoms. The molecule has 0 radical (unpaired) electrons. The summed E-state index contributed by atoms with van der Waals surface area (Å²) in [6, 6.07) is 15.7. The summed E-state index contributed by atoms with van der Waals surface area (Å²) in [5.41, 5.74) is 8.09. The lowest BCUT2D eigenvalue weighted by Crippen LogP contribution is -2.28. The molecule has 2 heterocycles. The Labute approximate surface area is 183 Å². The topological polar surface area (TPSA) is 147 Å². The molecule has 0 bridgehead atoms. The predicted octanol–water partition coefficient (Wildman–Crippen LogP) is 3.25. The van der Waals surface area contributed by atoms with Crippen LogP contribution in [0.3, 0.4) is 0 Å². The van der Waals surface area contributed by atoms with E-state index in [2.05, 4.69) is 10.1 Å². The molecule has 0 fully saturated rings. The Balaban J connectivity index is 2.02. The molecule has 32 heavy (non-hydrogen) atoms. The number of hydrogen-bond donors (Lipinski definition) is 2. The monoisotopic (exact) mass is 425 g/mol. The van der Waals surface area contributed by atoms with Gasteiger partial charge >= 0.3 is 0 Å². The number of nitriles is 1. The largest absolute Gasteiger partial charge is 0.386 e. The molecule has 4 rings (SSSR count). The van der Waals surface area contributed by atoms with Crippen LogP contribution >= 0.6 is 0 Å². The minimum atomic E-state index is -0.949. The molecule has 4 aromatic rings. The molecule has 0 aliphatic heterocycles. The van der Waals surface area contributed by atoms with E-state index in [1.165, 1.54) is 10.8 Å². The van der Waals surface area contributed by atoms with E-state index in [9.17, 15) is 10.1 Å². The molecule has 0 saturated heterocycles. The summed E-state index contributed by atoms with van der Waals surface area (Å²) in [4.78, 5) is 22.9. The molecule has 9 nitrogen and oxygen atoms in total. The van der Waals surface area contributed by atoms with E-state index in [1.807, 2.05) is 30.3 Å². The van der Waals surface area contributed by atoms with Crippen molar-refractivity contribution >= 4 is 23.0 Å². The van der Waals surface area contributed by atoms with Crippen molar-refractivity contribution in [3.8, 4) is 22.9 Å². The second-order valence-electron chi connectivity index (χ2n) is 7.06. The van der Waals surface area contributed by atoms with E-state index in [4.69, 9.17) is 20.7 Å². The smallest absolute Gasteiger partial charge is 0.266 e. The van der Waals surface area contributed by atoms with Crippen LogP contribution < -0.4 is 11.3 Å². The quantitative estimate of drug-likeness (QED) is 0.358. The van der Waals surface area contributed by atoms with Crippen molar-refractivity contribution in [2.45, 2.75) is 13.0 Å². The maximum atomic E-state index is 13.8. The van der Waals surface area contributed by atoms with E-state index in [-0.39, 0.29) is 11.4 Å². The average Bonchev–Trinajstić information content (AvgIpc) is 3.34. The number of rotatable bonds is 6. The Morgan fingerprint density at radius 1 is 1.28 bits per heavy atom. The fourth-order valence-corrected chi connectivity index (χ4v) is 3.48. The lowest BCUT2D eigenvalue weighted by molar-refractivity contribution is 0.420. The number of nitrogens with zero attached hydrogens (tertiary/aromatic N) is 5. The van der Waals surface area contributed by atoms with E-state index in [0.29, 0.717) is 33.5 Å². The van der Waals surface area contributed by atoms with Crippen LogP contribution in [-0.4, -0.2) is 26.8 Å². The first-order valence-corrected chi connectivity index (χ1v) is 9.79. The van der Waals surface area contributed by atoms with Crippen LogP contribution in [0.1, 0.15) is 18.8 Å². The summed E-state index contributed by atoms with van der Waals surface area (Å²) in [6.45, 7) is 1.74. The Morgan fingerprint density at radius 3 is 2.72 bits per heavy atom. The maximum Gasteiger partial charge on any atom is 0.266 e. The highest BCUT2D eigenvalue weighted by atomic mass is 16.5. The molecule has 0 saturated carbocycles. The van der Waals surface area contributed by atoms with E-state index in [0.717, 1.165) is 6.21 Å². The minimum Gasteiger partial charge on any atom is -0.386 e. The highest BCUT2D eigenvalue weighted by Crippen LogP contribution is 2.28. The predicted molar refractivity (Wildman–Crippen MR) is 121 cm³/mol. The number of para-hydroxylation sites is 1. The van der Waals surface area contributed by atoms with Crippen LogP contribution in [0.2, 0.25) is 0 Å². The zero-order valence-corrected chi connectivity index (χ0v) is 17.1. The summed E-state index contributed by atoms with van der Waals surface area (Å²) in [5, 5.41) is 20.7. The second-order valence-corrected chi connectivity index (χ2v) is 7.06. The van der Waals surface area contributed by atoms with Crippen molar-refractivity contribution in [1.29, 1.82) is 10.7 Å². The molecule has 2 aromatic carbocycles. The number of aliphatic imine (C=N–C) groups is 1. The second kappa shape index (κ2) is 8.65. The van der Waals surface area contributed by atoms with Crippen LogP contribution in [0, 0.1) is 22.7 Å². The average molecular weight is 425 g/mol. The summed E-state index contributed by atoms with van der Waals surface area (Å²) in [6.07, 6.45) is 3.94. The molecule has 3 N–H and O–H groups in total. The molecule has 2 aromatic heterocycles. The fourth-order valence-electron chi connectivity index (χ4n) is 3.48. The Kier molecular flexibility index (Phi) is 5.59. The first kappa shape index (κ1) is 20.7. The third kappa shape index (κ3) is 3.65. The van der Waals surface area contributed by atoms with Gasteiger partial charge in [-0.25, -0.2) is 4.98 Å². The van der Waals surface area contributed by atoms with E-state index < -0.39 is 12.0 Å². The van der Waals surface area contributed by atoms with Crippen molar-refractivity contribution < 1.29 is 4.52 Å². The zero-order valence-electron chi connectivity index (χ0n) is 17.1. The van der Waals surface area contributed by atoms with Crippen LogP contribution in [0.25, 0.3) is 27.7 Å². The number of hydrogen-bond acceptors (Lipinski definition) is 7. The molecular weight excluding hydrogens is 406 g/mol. The highest BCUT2D eigenvalue weighted by molar-refractivity contribution is 5.98. The summed E-state index contributed by atoms with van der Waals surface area (Å²) >= 11 is 0. The van der Waals surface area contributed by atoms with E-state index in [1.54, 1.807) is 37.4 Å². The van der Waals surface area contributed by atoms with Crippen molar-refractivity contribution in [1.82, 2.24) is 14.7 Å². The molecule has 158 valence electrons. The Morgan fingerprint density at radius 2 is 2.06 bits per heavy atom. The fraction of sp³-hybridized carbons (Fsp3) is 0.130.